The highest BCUT2D eigenvalue weighted by molar-refractivity contribution is 5.80. The summed E-state index contributed by atoms with van der Waals surface area (Å²) in [4.78, 5) is 4.06. The van der Waals surface area contributed by atoms with Crippen LogP contribution in [0.5, 0.6) is 5.75 Å². The maximum atomic E-state index is 5.27. The second-order valence-electron chi connectivity index (χ2n) is 2.96. The third kappa shape index (κ3) is 1.62. The van der Waals surface area contributed by atoms with Crippen LogP contribution < -0.4 is 10.1 Å². The molecule has 14 heavy (non-hydrogen) atoms. The zero-order valence-electron chi connectivity index (χ0n) is 8.03. The standard InChI is InChI=1S/C11H12N2O/c1-14-11-5-3-2-4-9(11)10-6-7-12-8-13-10/h2-6,8H,7H2,1H3,(H,12,13). The molecule has 0 aliphatic carbocycles. The summed E-state index contributed by atoms with van der Waals surface area (Å²) in [7, 11) is 1.68. The minimum absolute atomic E-state index is 0.723. The van der Waals surface area contributed by atoms with Crippen molar-refractivity contribution >= 4 is 12.0 Å². The number of benzene rings is 1. The molecule has 2 rings (SSSR count). The van der Waals surface area contributed by atoms with Gasteiger partial charge in [0.25, 0.3) is 0 Å². The van der Waals surface area contributed by atoms with Gasteiger partial charge in [-0.2, -0.15) is 0 Å². The topological polar surface area (TPSA) is 33.6 Å². The molecule has 72 valence electrons. The van der Waals surface area contributed by atoms with E-state index in [1.165, 1.54) is 0 Å². The van der Waals surface area contributed by atoms with Crippen molar-refractivity contribution in [2.75, 3.05) is 13.7 Å². The first kappa shape index (κ1) is 8.81. The molecule has 1 aromatic carbocycles. The van der Waals surface area contributed by atoms with Crippen LogP contribution in [0, 0.1) is 0 Å². The Morgan fingerprint density at radius 1 is 1.36 bits per heavy atom. The van der Waals surface area contributed by atoms with Gasteiger partial charge in [-0.15, -0.1) is 0 Å². The maximum Gasteiger partial charge on any atom is 0.128 e. The molecule has 1 heterocycles. The number of hydrogen-bond donors (Lipinski definition) is 1. The smallest absolute Gasteiger partial charge is 0.128 e. The molecule has 3 nitrogen and oxygen atoms in total. The average molecular weight is 188 g/mol. The Bertz CT molecular complexity index is 383. The monoisotopic (exact) mass is 188 g/mol. The van der Waals surface area contributed by atoms with E-state index >= 15 is 0 Å². The van der Waals surface area contributed by atoms with E-state index in [2.05, 4.69) is 10.3 Å². The van der Waals surface area contributed by atoms with E-state index in [1.54, 1.807) is 13.4 Å². The predicted octanol–water partition coefficient (Wildman–Crippen LogP) is 1.67. The summed E-state index contributed by atoms with van der Waals surface area (Å²) in [6.45, 7) is 0.723. The fourth-order valence-electron chi connectivity index (χ4n) is 1.43. The van der Waals surface area contributed by atoms with Crippen LogP contribution in [-0.4, -0.2) is 20.0 Å². The highest BCUT2D eigenvalue weighted by atomic mass is 16.5. The van der Waals surface area contributed by atoms with E-state index in [0.717, 1.165) is 23.6 Å². The van der Waals surface area contributed by atoms with Crippen LogP contribution in [0.2, 0.25) is 0 Å². The molecule has 0 saturated carbocycles. The normalized spacial score (nSPS) is 14.5. The Kier molecular flexibility index (Phi) is 2.49. The van der Waals surface area contributed by atoms with Crippen molar-refractivity contribution in [2.45, 2.75) is 0 Å². The number of nitrogens with zero attached hydrogens (tertiary/aromatic N) is 1. The maximum absolute atomic E-state index is 5.27. The molecular formula is C11H12N2O. The van der Waals surface area contributed by atoms with E-state index in [-0.39, 0.29) is 0 Å². The van der Waals surface area contributed by atoms with E-state index in [4.69, 9.17) is 4.74 Å². The lowest BCUT2D eigenvalue weighted by atomic mass is 10.1. The van der Waals surface area contributed by atoms with Crippen LogP contribution in [0.1, 0.15) is 5.56 Å². The third-order valence-corrected chi connectivity index (χ3v) is 2.11. The molecule has 1 aromatic rings. The number of methoxy groups -OCH3 is 1. The van der Waals surface area contributed by atoms with Crippen molar-refractivity contribution in [1.82, 2.24) is 5.32 Å². The van der Waals surface area contributed by atoms with Crippen LogP contribution in [0.25, 0.3) is 5.70 Å². The summed E-state index contributed by atoms with van der Waals surface area (Å²) in [5.41, 5.74) is 2.12. The molecule has 0 radical (unpaired) electrons. The van der Waals surface area contributed by atoms with Gasteiger partial charge in [0.05, 0.1) is 20.0 Å². The van der Waals surface area contributed by atoms with Gasteiger partial charge in [-0.1, -0.05) is 12.1 Å². The molecule has 0 saturated heterocycles. The second-order valence-corrected chi connectivity index (χ2v) is 2.96. The van der Waals surface area contributed by atoms with Crippen LogP contribution in [0.4, 0.5) is 0 Å². The first-order chi connectivity index (χ1) is 6.92. The Balaban J connectivity index is 2.35. The minimum atomic E-state index is 0.723. The molecule has 1 aliphatic heterocycles. The van der Waals surface area contributed by atoms with Gasteiger partial charge >= 0.3 is 0 Å². The van der Waals surface area contributed by atoms with E-state index in [0.29, 0.717) is 0 Å². The van der Waals surface area contributed by atoms with Gasteiger partial charge in [0.2, 0.25) is 0 Å². The van der Waals surface area contributed by atoms with Gasteiger partial charge in [0, 0.05) is 11.3 Å². The fourth-order valence-corrected chi connectivity index (χ4v) is 1.43. The number of para-hydroxylation sites is 1. The number of ether oxygens (including phenoxy) is 1. The Labute approximate surface area is 83.1 Å². The second kappa shape index (κ2) is 3.96. The number of rotatable bonds is 2. The van der Waals surface area contributed by atoms with E-state index < -0.39 is 0 Å². The third-order valence-electron chi connectivity index (χ3n) is 2.11. The summed E-state index contributed by atoms with van der Waals surface area (Å²) in [5.74, 6) is 0.876. The first-order valence-electron chi connectivity index (χ1n) is 4.50. The van der Waals surface area contributed by atoms with Crippen LogP contribution in [-0.2, 0) is 0 Å². The number of aliphatic imine (C=N–C) groups is 1. The average Bonchev–Trinajstić information content (AvgIpc) is 2.30. The molecule has 0 amide bonds. The van der Waals surface area contributed by atoms with Gasteiger partial charge in [-0.25, -0.2) is 0 Å². The number of hydrogen-bond acceptors (Lipinski definition) is 3. The summed E-state index contributed by atoms with van der Waals surface area (Å²) < 4.78 is 5.27. The highest BCUT2D eigenvalue weighted by Gasteiger charge is 2.07. The molecule has 1 N–H and O–H groups in total. The van der Waals surface area contributed by atoms with Gasteiger partial charge in [0.1, 0.15) is 5.75 Å². The Hall–Kier alpha value is -1.77. The zero-order chi connectivity index (χ0) is 9.80. The van der Waals surface area contributed by atoms with E-state index in [1.807, 2.05) is 30.3 Å². The molecule has 1 aliphatic rings. The number of nitrogens with one attached hydrogen (secondary N) is 1. The Morgan fingerprint density at radius 2 is 2.21 bits per heavy atom. The molecule has 3 heteroatoms. The summed E-state index contributed by atoms with van der Waals surface area (Å²) in [6, 6.07) is 7.92. The lowest BCUT2D eigenvalue weighted by Gasteiger charge is -2.13. The molecule has 0 spiro atoms. The SMILES string of the molecule is COc1ccccc1C1=CCN=CN1. The van der Waals surface area contributed by atoms with Crippen molar-refractivity contribution < 1.29 is 4.74 Å². The quantitative estimate of drug-likeness (QED) is 0.765. The van der Waals surface area contributed by atoms with Gasteiger partial charge < -0.3 is 10.1 Å². The van der Waals surface area contributed by atoms with Gasteiger partial charge in [0.15, 0.2) is 0 Å². The molecule has 0 atom stereocenters. The summed E-state index contributed by atoms with van der Waals surface area (Å²) in [6.07, 6.45) is 3.75. The fraction of sp³-hybridized carbons (Fsp3) is 0.182. The largest absolute Gasteiger partial charge is 0.496 e. The molecular weight excluding hydrogens is 176 g/mol. The summed E-state index contributed by atoms with van der Waals surface area (Å²) >= 11 is 0. The minimum Gasteiger partial charge on any atom is -0.496 e. The van der Waals surface area contributed by atoms with Crippen LogP contribution in [0.3, 0.4) is 0 Å². The van der Waals surface area contributed by atoms with Gasteiger partial charge in [-0.3, -0.25) is 4.99 Å². The van der Waals surface area contributed by atoms with Crippen molar-refractivity contribution in [1.29, 1.82) is 0 Å². The van der Waals surface area contributed by atoms with Crippen molar-refractivity contribution in [2.24, 2.45) is 4.99 Å². The summed E-state index contributed by atoms with van der Waals surface area (Å²) in [5, 5.41) is 3.10. The zero-order valence-corrected chi connectivity index (χ0v) is 8.03. The molecule has 0 unspecified atom stereocenters. The Morgan fingerprint density at radius 3 is 2.93 bits per heavy atom. The molecule has 0 aromatic heterocycles. The lowest BCUT2D eigenvalue weighted by molar-refractivity contribution is 0.413. The van der Waals surface area contributed by atoms with Gasteiger partial charge in [-0.05, 0) is 18.2 Å². The van der Waals surface area contributed by atoms with Crippen molar-refractivity contribution in [3.63, 3.8) is 0 Å². The highest BCUT2D eigenvalue weighted by Crippen LogP contribution is 2.24. The van der Waals surface area contributed by atoms with Crippen LogP contribution in [0.15, 0.2) is 35.3 Å². The van der Waals surface area contributed by atoms with Crippen LogP contribution >= 0.6 is 0 Å². The molecule has 0 bridgehead atoms. The first-order valence-corrected chi connectivity index (χ1v) is 4.50. The van der Waals surface area contributed by atoms with Crippen molar-refractivity contribution in [3.8, 4) is 5.75 Å². The predicted molar refractivity (Wildman–Crippen MR) is 57.5 cm³/mol. The van der Waals surface area contributed by atoms with Crippen molar-refractivity contribution in [3.05, 3.63) is 35.9 Å². The molecule has 0 fully saturated rings. The lowest BCUT2D eigenvalue weighted by Crippen LogP contribution is -2.14. The van der Waals surface area contributed by atoms with E-state index in [9.17, 15) is 0 Å².